The average molecular weight is 581 g/mol. The van der Waals surface area contributed by atoms with Crippen molar-refractivity contribution < 1.29 is 24.2 Å². The number of carbonyl (C=O) groups is 3. The average Bonchev–Trinajstić information content (AvgIpc) is 3.24. The topological polar surface area (TPSA) is 93.6 Å². The number of benzene rings is 1. The third kappa shape index (κ3) is 4.92. The standard InChI is InChI=1S/C31H40N4O5S/c1-30-11-7-15-34(23-9-3-2-4-10-23)27(37)24(30)25-28(38)35(14-5-6-20-36)26-29(39)33(13-8-12-31(25,26)41-30)17-16-32-18-21-40-22-19-32/h2-4,7-12,24-26,36H,5-6,13-22H2,1H3/t24-,25+,26?,30+,31+/m1/s1. The minimum absolute atomic E-state index is 0.0333. The van der Waals surface area contributed by atoms with E-state index in [9.17, 15) is 19.5 Å². The van der Waals surface area contributed by atoms with Crippen molar-refractivity contribution in [1.82, 2.24) is 14.7 Å². The lowest BCUT2D eigenvalue weighted by Gasteiger charge is -2.37. The zero-order valence-electron chi connectivity index (χ0n) is 23.7. The second kappa shape index (κ2) is 11.6. The number of likely N-dealkylation sites (tertiary alicyclic amines) is 1. The first kappa shape index (κ1) is 28.5. The molecule has 3 amide bonds. The molecule has 3 fully saturated rings. The van der Waals surface area contributed by atoms with E-state index < -0.39 is 27.4 Å². The number of nitrogens with zero attached hydrogens (tertiary/aromatic N) is 4. The van der Waals surface area contributed by atoms with Gasteiger partial charge in [-0.1, -0.05) is 42.5 Å². The van der Waals surface area contributed by atoms with Crippen LogP contribution in [0.1, 0.15) is 19.8 Å². The quantitative estimate of drug-likeness (QED) is 0.370. The van der Waals surface area contributed by atoms with Crippen LogP contribution >= 0.6 is 11.8 Å². The molecular formula is C31H40N4O5S. The molecule has 0 saturated carbocycles. The van der Waals surface area contributed by atoms with E-state index in [1.807, 2.05) is 47.4 Å². The van der Waals surface area contributed by atoms with Crippen LogP contribution in [-0.4, -0.2) is 119 Å². The molecule has 0 bridgehead atoms. The SMILES string of the molecule is C[C@]12C=CCN(c3ccccc3)C(=O)[C@H]1[C@H]1C(=O)N(CCCCO)C3C(=O)N(CCN4CCOCC4)CC=C[C@@]31S2. The Hall–Kier alpha value is -2.66. The predicted octanol–water partition coefficient (Wildman–Crippen LogP) is 1.78. The smallest absolute Gasteiger partial charge is 0.247 e. The fraction of sp³-hybridized carbons (Fsp3) is 0.581. The van der Waals surface area contributed by atoms with Crippen LogP contribution in [0.15, 0.2) is 54.6 Å². The molecule has 1 aromatic carbocycles. The third-order valence-electron chi connectivity index (χ3n) is 9.31. The second-order valence-electron chi connectivity index (χ2n) is 11.8. The molecule has 5 aliphatic rings. The predicted molar refractivity (Wildman–Crippen MR) is 158 cm³/mol. The summed E-state index contributed by atoms with van der Waals surface area (Å²) in [5.74, 6) is -1.51. The number of ether oxygens (including phenoxy) is 1. The number of amides is 3. The zero-order chi connectivity index (χ0) is 28.6. The fourth-order valence-corrected chi connectivity index (χ4v) is 9.49. The molecule has 3 saturated heterocycles. The highest BCUT2D eigenvalue weighted by molar-refractivity contribution is 8.02. The first-order chi connectivity index (χ1) is 19.9. The maximum absolute atomic E-state index is 14.4. The number of hydrogen-bond acceptors (Lipinski definition) is 7. The van der Waals surface area contributed by atoms with Crippen molar-refractivity contribution in [2.75, 3.05) is 70.5 Å². The summed E-state index contributed by atoms with van der Waals surface area (Å²) in [6, 6.07) is 8.91. The van der Waals surface area contributed by atoms with Crippen molar-refractivity contribution >= 4 is 35.2 Å². The van der Waals surface area contributed by atoms with Crippen LogP contribution in [0.4, 0.5) is 5.69 Å². The van der Waals surface area contributed by atoms with Crippen LogP contribution in [0.5, 0.6) is 0 Å². The van der Waals surface area contributed by atoms with E-state index in [-0.39, 0.29) is 24.3 Å². The molecule has 1 aromatic rings. The lowest BCUT2D eigenvalue weighted by Crippen LogP contribution is -2.54. The molecule has 5 heterocycles. The summed E-state index contributed by atoms with van der Waals surface area (Å²) in [7, 11) is 0. The minimum atomic E-state index is -0.847. The number of rotatable bonds is 8. The third-order valence-corrected chi connectivity index (χ3v) is 11.1. The molecule has 220 valence electrons. The van der Waals surface area contributed by atoms with E-state index in [2.05, 4.69) is 24.0 Å². The van der Waals surface area contributed by atoms with Crippen molar-refractivity contribution in [2.24, 2.45) is 11.8 Å². The molecule has 0 radical (unpaired) electrons. The number of fused-ring (bicyclic) bond motifs is 2. The molecule has 6 rings (SSSR count). The Morgan fingerprint density at radius 2 is 1.66 bits per heavy atom. The first-order valence-corrected chi connectivity index (χ1v) is 15.6. The van der Waals surface area contributed by atoms with E-state index in [4.69, 9.17) is 4.74 Å². The summed E-state index contributed by atoms with van der Waals surface area (Å²) in [6.45, 7) is 7.82. The lowest BCUT2D eigenvalue weighted by molar-refractivity contribution is -0.143. The molecule has 9 nitrogen and oxygen atoms in total. The highest BCUT2D eigenvalue weighted by Crippen LogP contribution is 2.65. The maximum Gasteiger partial charge on any atom is 0.247 e. The Labute approximate surface area is 246 Å². The molecule has 5 atom stereocenters. The molecule has 1 unspecified atom stereocenters. The number of morpholine rings is 1. The van der Waals surface area contributed by atoms with Gasteiger partial charge in [0.1, 0.15) is 6.04 Å². The normalized spacial score (nSPS) is 33.6. The van der Waals surface area contributed by atoms with E-state index in [1.54, 1.807) is 21.6 Å². The van der Waals surface area contributed by atoms with Crippen LogP contribution in [-0.2, 0) is 19.1 Å². The summed E-state index contributed by atoms with van der Waals surface area (Å²) in [6.07, 6.45) is 9.40. The summed E-state index contributed by atoms with van der Waals surface area (Å²) in [5.41, 5.74) is 0.806. The maximum atomic E-state index is 14.4. The molecule has 10 heteroatoms. The Bertz CT molecular complexity index is 1220. The number of aliphatic hydroxyl groups is 1. The van der Waals surface area contributed by atoms with Gasteiger partial charge in [0.2, 0.25) is 17.7 Å². The van der Waals surface area contributed by atoms with Gasteiger partial charge in [-0.3, -0.25) is 19.3 Å². The van der Waals surface area contributed by atoms with E-state index in [1.165, 1.54) is 0 Å². The highest BCUT2D eigenvalue weighted by Gasteiger charge is 2.73. The van der Waals surface area contributed by atoms with Crippen LogP contribution in [0.25, 0.3) is 0 Å². The molecule has 1 spiro atoms. The molecule has 0 aromatic heterocycles. The Morgan fingerprint density at radius 1 is 0.902 bits per heavy atom. The van der Waals surface area contributed by atoms with Gasteiger partial charge in [-0.05, 0) is 31.9 Å². The van der Waals surface area contributed by atoms with Crippen molar-refractivity contribution in [3.63, 3.8) is 0 Å². The Balaban J connectivity index is 1.35. The second-order valence-corrected chi connectivity index (χ2v) is 13.6. The summed E-state index contributed by atoms with van der Waals surface area (Å²) >= 11 is 1.62. The first-order valence-electron chi connectivity index (χ1n) is 14.8. The van der Waals surface area contributed by atoms with Gasteiger partial charge in [0.05, 0.1) is 29.8 Å². The number of aliphatic hydroxyl groups excluding tert-OH is 1. The van der Waals surface area contributed by atoms with Gasteiger partial charge >= 0.3 is 0 Å². The van der Waals surface area contributed by atoms with Gasteiger partial charge in [-0.25, -0.2) is 0 Å². The van der Waals surface area contributed by atoms with Gasteiger partial charge in [-0.15, -0.1) is 11.8 Å². The van der Waals surface area contributed by atoms with E-state index in [0.29, 0.717) is 52.2 Å². The van der Waals surface area contributed by atoms with Crippen molar-refractivity contribution in [3.05, 3.63) is 54.6 Å². The van der Waals surface area contributed by atoms with Gasteiger partial charge in [0.25, 0.3) is 0 Å². The summed E-state index contributed by atoms with van der Waals surface area (Å²) in [5, 5.41) is 9.46. The Kier molecular flexibility index (Phi) is 8.02. The van der Waals surface area contributed by atoms with E-state index >= 15 is 0 Å². The fourth-order valence-electron chi connectivity index (χ4n) is 7.33. The monoisotopic (exact) mass is 580 g/mol. The number of para-hydroxylation sites is 1. The molecule has 0 aliphatic carbocycles. The lowest BCUT2D eigenvalue weighted by atomic mass is 9.74. The van der Waals surface area contributed by atoms with Gasteiger partial charge in [0.15, 0.2) is 0 Å². The number of unbranched alkanes of at least 4 members (excludes halogenated alkanes) is 1. The number of carbonyl (C=O) groups excluding carboxylic acids is 3. The van der Waals surface area contributed by atoms with Crippen LogP contribution in [0.3, 0.4) is 0 Å². The van der Waals surface area contributed by atoms with Crippen molar-refractivity contribution in [3.8, 4) is 0 Å². The molecule has 5 aliphatic heterocycles. The Morgan fingerprint density at radius 3 is 2.41 bits per heavy atom. The zero-order valence-corrected chi connectivity index (χ0v) is 24.5. The van der Waals surface area contributed by atoms with E-state index in [0.717, 1.165) is 25.3 Å². The highest BCUT2D eigenvalue weighted by atomic mass is 32.2. The molecular weight excluding hydrogens is 540 g/mol. The summed E-state index contributed by atoms with van der Waals surface area (Å²) < 4.78 is 4.00. The number of thioether (sulfide) groups is 1. The van der Waals surface area contributed by atoms with Gasteiger partial charge < -0.3 is 24.5 Å². The molecule has 1 N–H and O–H groups in total. The van der Waals surface area contributed by atoms with Gasteiger partial charge in [0, 0.05) is 62.9 Å². The van der Waals surface area contributed by atoms with Crippen LogP contribution < -0.4 is 4.90 Å². The van der Waals surface area contributed by atoms with Crippen LogP contribution in [0, 0.1) is 11.8 Å². The molecule has 41 heavy (non-hydrogen) atoms. The van der Waals surface area contributed by atoms with Gasteiger partial charge in [-0.2, -0.15) is 0 Å². The van der Waals surface area contributed by atoms with Crippen LogP contribution in [0.2, 0.25) is 0 Å². The number of anilines is 1. The van der Waals surface area contributed by atoms with Crippen molar-refractivity contribution in [1.29, 1.82) is 0 Å². The minimum Gasteiger partial charge on any atom is -0.396 e. The largest absolute Gasteiger partial charge is 0.396 e. The van der Waals surface area contributed by atoms with Crippen molar-refractivity contribution in [2.45, 2.75) is 35.3 Å². The summed E-state index contributed by atoms with van der Waals surface area (Å²) in [4.78, 5) is 51.0. The number of hydrogen-bond donors (Lipinski definition) is 1.